The van der Waals surface area contributed by atoms with Gasteiger partial charge in [0, 0.05) is 24.7 Å². The van der Waals surface area contributed by atoms with E-state index >= 15 is 0 Å². The average Bonchev–Trinajstić information content (AvgIpc) is 3.07. The van der Waals surface area contributed by atoms with Crippen LogP contribution in [0.3, 0.4) is 0 Å². The van der Waals surface area contributed by atoms with Gasteiger partial charge in [-0.2, -0.15) is 0 Å². The number of nitrogens with one attached hydrogen (secondary N) is 1. The van der Waals surface area contributed by atoms with Crippen molar-refractivity contribution in [1.82, 2.24) is 10.2 Å². The first-order chi connectivity index (χ1) is 11.0. The lowest BCUT2D eigenvalue weighted by molar-refractivity contribution is -0.385. The molecule has 0 atom stereocenters. The number of nitro benzene ring substituents is 1. The number of nitrogens with zero attached hydrogens (tertiary/aromatic N) is 2. The van der Waals surface area contributed by atoms with Crippen molar-refractivity contribution >= 4 is 17.5 Å². The smallest absolute Gasteiger partial charge is 0.311 e. The second kappa shape index (κ2) is 7.57. The summed E-state index contributed by atoms with van der Waals surface area (Å²) < 4.78 is 5.16. The molecule has 1 aliphatic rings. The summed E-state index contributed by atoms with van der Waals surface area (Å²) in [6, 6.07) is 3.98. The van der Waals surface area contributed by atoms with Gasteiger partial charge in [-0.05, 0) is 31.9 Å². The molecule has 1 aromatic rings. The van der Waals surface area contributed by atoms with Crippen LogP contribution < -0.4 is 10.1 Å². The van der Waals surface area contributed by atoms with E-state index in [0.717, 1.165) is 18.9 Å². The van der Waals surface area contributed by atoms with Crippen molar-refractivity contribution in [3.05, 3.63) is 33.9 Å². The number of likely N-dealkylation sites (tertiary alicyclic amines) is 1. The summed E-state index contributed by atoms with van der Waals surface area (Å²) >= 11 is 0. The Hall–Kier alpha value is -2.64. The fourth-order valence-corrected chi connectivity index (χ4v) is 2.42. The molecule has 1 N–H and O–H groups in total. The van der Waals surface area contributed by atoms with Gasteiger partial charge >= 0.3 is 5.69 Å². The van der Waals surface area contributed by atoms with Gasteiger partial charge in [0.05, 0.1) is 18.1 Å². The maximum Gasteiger partial charge on any atom is 0.311 e. The normalized spacial score (nSPS) is 13.7. The van der Waals surface area contributed by atoms with E-state index < -0.39 is 10.8 Å². The second-order valence-corrected chi connectivity index (χ2v) is 5.14. The molecule has 0 aliphatic carbocycles. The molecular formula is C15H19N3O5. The average molecular weight is 321 g/mol. The molecule has 0 bridgehead atoms. The van der Waals surface area contributed by atoms with Gasteiger partial charge in [0.25, 0.3) is 5.91 Å². The summed E-state index contributed by atoms with van der Waals surface area (Å²) in [6.45, 7) is 3.32. The highest BCUT2D eigenvalue weighted by Crippen LogP contribution is 2.27. The Kier molecular flexibility index (Phi) is 5.51. The number of benzene rings is 1. The Labute approximate surface area is 133 Å². The van der Waals surface area contributed by atoms with E-state index in [1.165, 1.54) is 12.1 Å². The Bertz CT molecular complexity index is 611. The maximum atomic E-state index is 12.1. The van der Waals surface area contributed by atoms with Crippen LogP contribution in [-0.4, -0.2) is 47.9 Å². The molecule has 1 aromatic carbocycles. The third-order valence-electron chi connectivity index (χ3n) is 3.58. The lowest BCUT2D eigenvalue weighted by Crippen LogP contribution is -2.38. The molecular weight excluding hydrogens is 302 g/mol. The van der Waals surface area contributed by atoms with Gasteiger partial charge in [0.1, 0.15) is 0 Å². The molecule has 23 heavy (non-hydrogen) atoms. The van der Waals surface area contributed by atoms with Crippen molar-refractivity contribution in [1.29, 1.82) is 0 Å². The van der Waals surface area contributed by atoms with Crippen molar-refractivity contribution in [2.75, 3.05) is 26.2 Å². The van der Waals surface area contributed by atoms with Crippen molar-refractivity contribution in [2.24, 2.45) is 0 Å². The number of carbonyl (C=O) groups excluding carboxylic acids is 2. The zero-order valence-electron chi connectivity index (χ0n) is 12.9. The lowest BCUT2D eigenvalue weighted by atomic mass is 10.1. The van der Waals surface area contributed by atoms with Crippen LogP contribution in [0, 0.1) is 10.1 Å². The molecule has 8 heteroatoms. The summed E-state index contributed by atoms with van der Waals surface area (Å²) in [5.74, 6) is -0.554. The molecule has 0 saturated carbocycles. The van der Waals surface area contributed by atoms with Crippen LogP contribution in [0.15, 0.2) is 18.2 Å². The predicted molar refractivity (Wildman–Crippen MR) is 82.4 cm³/mol. The van der Waals surface area contributed by atoms with E-state index in [-0.39, 0.29) is 36.1 Å². The zero-order chi connectivity index (χ0) is 16.8. The minimum Gasteiger partial charge on any atom is -0.487 e. The first-order valence-corrected chi connectivity index (χ1v) is 7.50. The Morgan fingerprint density at radius 3 is 2.65 bits per heavy atom. The molecule has 0 radical (unpaired) electrons. The summed E-state index contributed by atoms with van der Waals surface area (Å²) in [7, 11) is 0. The van der Waals surface area contributed by atoms with Crippen molar-refractivity contribution in [3.63, 3.8) is 0 Å². The van der Waals surface area contributed by atoms with E-state index in [4.69, 9.17) is 4.74 Å². The molecule has 1 saturated heterocycles. The third-order valence-corrected chi connectivity index (χ3v) is 3.58. The van der Waals surface area contributed by atoms with Crippen LogP contribution in [0.2, 0.25) is 0 Å². The standard InChI is InChI=1S/C15H19N3O5/c1-2-23-13-6-5-11(9-12(13)18(21)22)15(20)16-10-14(19)17-7-3-4-8-17/h5-6,9H,2-4,7-8,10H2,1H3,(H,16,20). The first-order valence-electron chi connectivity index (χ1n) is 7.50. The van der Waals surface area contributed by atoms with Crippen LogP contribution in [-0.2, 0) is 4.79 Å². The van der Waals surface area contributed by atoms with Crippen LogP contribution in [0.1, 0.15) is 30.1 Å². The Morgan fingerprint density at radius 2 is 2.04 bits per heavy atom. The van der Waals surface area contributed by atoms with E-state index in [2.05, 4.69) is 5.32 Å². The summed E-state index contributed by atoms with van der Waals surface area (Å²) in [5, 5.41) is 13.5. The summed E-state index contributed by atoms with van der Waals surface area (Å²) in [6.07, 6.45) is 1.95. The van der Waals surface area contributed by atoms with Crippen LogP contribution in [0.5, 0.6) is 5.75 Å². The summed E-state index contributed by atoms with van der Waals surface area (Å²) in [5.41, 5.74) is -0.153. The lowest BCUT2D eigenvalue weighted by Gasteiger charge is -2.15. The van der Waals surface area contributed by atoms with Crippen LogP contribution >= 0.6 is 0 Å². The highest BCUT2D eigenvalue weighted by atomic mass is 16.6. The Morgan fingerprint density at radius 1 is 1.35 bits per heavy atom. The van der Waals surface area contributed by atoms with Crippen LogP contribution in [0.25, 0.3) is 0 Å². The van der Waals surface area contributed by atoms with Crippen molar-refractivity contribution in [3.8, 4) is 5.75 Å². The third kappa shape index (κ3) is 4.18. The molecule has 1 fully saturated rings. The number of hydrogen-bond donors (Lipinski definition) is 1. The van der Waals surface area contributed by atoms with Crippen molar-refractivity contribution < 1.29 is 19.2 Å². The van der Waals surface area contributed by atoms with E-state index in [0.29, 0.717) is 13.1 Å². The highest BCUT2D eigenvalue weighted by Gasteiger charge is 2.21. The minimum atomic E-state index is -0.600. The number of hydrogen-bond acceptors (Lipinski definition) is 5. The highest BCUT2D eigenvalue weighted by molar-refractivity contribution is 5.97. The molecule has 0 spiro atoms. The quantitative estimate of drug-likeness (QED) is 0.629. The number of amides is 2. The molecule has 2 rings (SSSR count). The van der Waals surface area contributed by atoms with Gasteiger partial charge in [-0.25, -0.2) is 0 Å². The summed E-state index contributed by atoms with van der Waals surface area (Å²) in [4.78, 5) is 36.1. The van der Waals surface area contributed by atoms with Gasteiger partial charge in [-0.1, -0.05) is 0 Å². The largest absolute Gasteiger partial charge is 0.487 e. The topological polar surface area (TPSA) is 102 Å². The number of nitro groups is 1. The predicted octanol–water partition coefficient (Wildman–Crippen LogP) is 1.35. The van der Waals surface area contributed by atoms with E-state index in [1.807, 2.05) is 0 Å². The van der Waals surface area contributed by atoms with Gasteiger partial charge in [0.2, 0.25) is 5.91 Å². The molecule has 1 aliphatic heterocycles. The molecule has 124 valence electrons. The van der Waals surface area contributed by atoms with E-state index in [9.17, 15) is 19.7 Å². The fraction of sp³-hybridized carbons (Fsp3) is 0.467. The molecule has 0 aromatic heterocycles. The molecule has 8 nitrogen and oxygen atoms in total. The van der Waals surface area contributed by atoms with Gasteiger partial charge < -0.3 is 15.0 Å². The fourth-order valence-electron chi connectivity index (χ4n) is 2.42. The first kappa shape index (κ1) is 16.7. The van der Waals surface area contributed by atoms with Crippen molar-refractivity contribution in [2.45, 2.75) is 19.8 Å². The monoisotopic (exact) mass is 321 g/mol. The maximum absolute atomic E-state index is 12.1. The number of rotatable bonds is 6. The zero-order valence-corrected chi connectivity index (χ0v) is 12.9. The van der Waals surface area contributed by atoms with Gasteiger partial charge in [-0.3, -0.25) is 19.7 Å². The molecule has 0 unspecified atom stereocenters. The van der Waals surface area contributed by atoms with Crippen LogP contribution in [0.4, 0.5) is 5.69 Å². The number of carbonyl (C=O) groups is 2. The van der Waals surface area contributed by atoms with Gasteiger partial charge in [0.15, 0.2) is 5.75 Å². The van der Waals surface area contributed by atoms with E-state index in [1.54, 1.807) is 11.8 Å². The second-order valence-electron chi connectivity index (χ2n) is 5.14. The van der Waals surface area contributed by atoms with Gasteiger partial charge in [-0.15, -0.1) is 0 Å². The number of ether oxygens (including phenoxy) is 1. The Balaban J connectivity index is 2.02. The minimum absolute atomic E-state index is 0.111. The SMILES string of the molecule is CCOc1ccc(C(=O)NCC(=O)N2CCCC2)cc1[N+](=O)[O-]. The molecule has 1 heterocycles. The molecule has 2 amide bonds.